The Morgan fingerprint density at radius 1 is 1.15 bits per heavy atom. The van der Waals surface area contributed by atoms with Gasteiger partial charge in [-0.25, -0.2) is 0 Å². The van der Waals surface area contributed by atoms with Gasteiger partial charge in [-0.3, -0.25) is 9.48 Å². The summed E-state index contributed by atoms with van der Waals surface area (Å²) < 4.78 is 13.2. The Labute approximate surface area is 200 Å². The molecule has 174 valence electrons. The zero-order valence-electron chi connectivity index (χ0n) is 19.5. The number of aromatic nitrogens is 2. The van der Waals surface area contributed by atoms with Gasteiger partial charge in [-0.2, -0.15) is 5.10 Å². The number of carbonyl (C=O) groups excluding carboxylic acids is 1. The van der Waals surface area contributed by atoms with E-state index >= 15 is 0 Å². The van der Waals surface area contributed by atoms with Gasteiger partial charge in [-0.05, 0) is 63.1 Å². The molecule has 0 saturated heterocycles. The Balaban J connectivity index is 1.51. The molecule has 1 aromatic heterocycles. The minimum atomic E-state index is -0.144. The number of halogens is 1. The number of nitrogens with zero attached hydrogens (tertiary/aromatic N) is 2. The van der Waals surface area contributed by atoms with Crippen LogP contribution in [-0.4, -0.2) is 29.3 Å². The Morgan fingerprint density at radius 3 is 2.58 bits per heavy atom. The molecule has 0 saturated carbocycles. The lowest BCUT2D eigenvalue weighted by Crippen LogP contribution is -2.23. The van der Waals surface area contributed by atoms with Crippen LogP contribution < -0.4 is 14.8 Å². The molecule has 0 atom stereocenters. The highest BCUT2D eigenvalue weighted by Crippen LogP contribution is 2.23. The Hall–Kier alpha value is -3.25. The molecule has 1 N–H and O–H groups in total. The van der Waals surface area contributed by atoms with Crippen molar-refractivity contribution in [2.75, 3.05) is 13.7 Å². The van der Waals surface area contributed by atoms with Gasteiger partial charge >= 0.3 is 0 Å². The Bertz CT molecular complexity index is 1120. The number of carbonyl (C=O) groups is 1. The van der Waals surface area contributed by atoms with Crippen LogP contribution in [-0.2, 0) is 17.9 Å². The standard InChI is InChI=1S/C26H30ClN3O3/c1-18-6-10-23(11-7-18)33-17-22-16-21(8-12-24(22)32-4)9-13-25(31)28-14-5-15-30-20(3)26(27)19(2)29-30/h6-13,16H,5,14-15,17H2,1-4H3,(H,28,31)/b13-9+. The molecular formula is C26H30ClN3O3. The van der Waals surface area contributed by atoms with Gasteiger partial charge in [0.15, 0.2) is 0 Å². The van der Waals surface area contributed by atoms with E-state index in [1.54, 1.807) is 13.2 Å². The number of methoxy groups -OCH3 is 1. The van der Waals surface area contributed by atoms with Gasteiger partial charge in [-0.1, -0.05) is 35.4 Å². The highest BCUT2D eigenvalue weighted by molar-refractivity contribution is 6.31. The molecule has 0 aliphatic rings. The van der Waals surface area contributed by atoms with Gasteiger partial charge in [0, 0.05) is 24.7 Å². The van der Waals surface area contributed by atoms with E-state index in [1.807, 2.05) is 67.9 Å². The molecule has 3 rings (SSSR count). The lowest BCUT2D eigenvalue weighted by Gasteiger charge is -2.11. The molecule has 0 aliphatic heterocycles. The molecule has 6 nitrogen and oxygen atoms in total. The molecule has 1 amide bonds. The number of amides is 1. The third kappa shape index (κ3) is 6.86. The summed E-state index contributed by atoms with van der Waals surface area (Å²) >= 11 is 6.17. The summed E-state index contributed by atoms with van der Waals surface area (Å²) in [7, 11) is 1.63. The fourth-order valence-electron chi connectivity index (χ4n) is 3.37. The van der Waals surface area contributed by atoms with E-state index in [4.69, 9.17) is 21.1 Å². The predicted molar refractivity (Wildman–Crippen MR) is 132 cm³/mol. The number of nitrogens with one attached hydrogen (secondary N) is 1. The van der Waals surface area contributed by atoms with Crippen molar-refractivity contribution < 1.29 is 14.3 Å². The van der Waals surface area contributed by atoms with Crippen molar-refractivity contribution in [3.8, 4) is 11.5 Å². The molecule has 7 heteroatoms. The van der Waals surface area contributed by atoms with Crippen molar-refractivity contribution in [2.24, 2.45) is 0 Å². The van der Waals surface area contributed by atoms with E-state index < -0.39 is 0 Å². The second kappa shape index (κ2) is 11.6. The van der Waals surface area contributed by atoms with Gasteiger partial charge in [0.2, 0.25) is 5.91 Å². The highest BCUT2D eigenvalue weighted by Gasteiger charge is 2.09. The molecule has 0 unspecified atom stereocenters. The minimum absolute atomic E-state index is 0.144. The molecule has 33 heavy (non-hydrogen) atoms. The topological polar surface area (TPSA) is 65.4 Å². The fraction of sp³-hybridized carbons (Fsp3) is 0.308. The van der Waals surface area contributed by atoms with Crippen LogP contribution in [0.2, 0.25) is 5.02 Å². The normalized spacial score (nSPS) is 11.1. The van der Waals surface area contributed by atoms with Crippen LogP contribution in [0.5, 0.6) is 11.5 Å². The molecule has 0 fully saturated rings. The van der Waals surface area contributed by atoms with Gasteiger partial charge in [0.1, 0.15) is 18.1 Å². The minimum Gasteiger partial charge on any atom is -0.496 e. The van der Waals surface area contributed by atoms with Crippen LogP contribution in [0, 0.1) is 20.8 Å². The predicted octanol–water partition coefficient (Wildman–Crippen LogP) is 5.27. The number of ether oxygens (including phenoxy) is 2. The Morgan fingerprint density at radius 2 is 1.91 bits per heavy atom. The smallest absolute Gasteiger partial charge is 0.244 e. The lowest BCUT2D eigenvalue weighted by molar-refractivity contribution is -0.116. The average molecular weight is 468 g/mol. The zero-order valence-corrected chi connectivity index (χ0v) is 20.3. The van der Waals surface area contributed by atoms with Crippen LogP contribution in [0.3, 0.4) is 0 Å². The van der Waals surface area contributed by atoms with E-state index in [1.165, 1.54) is 11.6 Å². The molecular weight excluding hydrogens is 438 g/mol. The SMILES string of the molecule is COc1ccc(/C=C/C(=O)NCCCn2nc(C)c(Cl)c2C)cc1COc1ccc(C)cc1. The lowest BCUT2D eigenvalue weighted by atomic mass is 10.1. The summed E-state index contributed by atoms with van der Waals surface area (Å²) in [6.45, 7) is 7.49. The first kappa shape index (κ1) is 24.4. The summed E-state index contributed by atoms with van der Waals surface area (Å²) in [4.78, 5) is 12.2. The summed E-state index contributed by atoms with van der Waals surface area (Å²) in [5.41, 5.74) is 4.75. The van der Waals surface area contributed by atoms with E-state index in [0.717, 1.165) is 40.4 Å². The number of hydrogen-bond donors (Lipinski definition) is 1. The van der Waals surface area contributed by atoms with Gasteiger partial charge in [0.05, 0.1) is 23.5 Å². The largest absolute Gasteiger partial charge is 0.496 e. The van der Waals surface area contributed by atoms with Crippen LogP contribution in [0.25, 0.3) is 6.08 Å². The van der Waals surface area contributed by atoms with Crippen LogP contribution in [0.1, 0.15) is 34.5 Å². The summed E-state index contributed by atoms with van der Waals surface area (Å²) in [6, 6.07) is 13.7. The van der Waals surface area contributed by atoms with Crippen molar-refractivity contribution >= 4 is 23.6 Å². The van der Waals surface area contributed by atoms with E-state index in [0.29, 0.717) is 24.7 Å². The molecule has 3 aromatic rings. The van der Waals surface area contributed by atoms with Crippen molar-refractivity contribution in [1.29, 1.82) is 0 Å². The highest BCUT2D eigenvalue weighted by atomic mass is 35.5. The molecule has 0 bridgehead atoms. The second-order valence-corrected chi connectivity index (χ2v) is 8.24. The van der Waals surface area contributed by atoms with Gasteiger partial charge < -0.3 is 14.8 Å². The molecule has 1 heterocycles. The maximum Gasteiger partial charge on any atom is 0.244 e. The van der Waals surface area contributed by atoms with Crippen molar-refractivity contribution in [3.05, 3.63) is 81.6 Å². The second-order valence-electron chi connectivity index (χ2n) is 7.86. The van der Waals surface area contributed by atoms with Crippen LogP contribution in [0.15, 0.2) is 48.5 Å². The number of rotatable bonds is 10. The van der Waals surface area contributed by atoms with Crippen LogP contribution >= 0.6 is 11.6 Å². The summed E-state index contributed by atoms with van der Waals surface area (Å²) in [6.07, 6.45) is 4.08. The van der Waals surface area contributed by atoms with E-state index in [-0.39, 0.29) is 5.91 Å². The first-order chi connectivity index (χ1) is 15.9. The van der Waals surface area contributed by atoms with E-state index in [2.05, 4.69) is 10.4 Å². The van der Waals surface area contributed by atoms with Crippen molar-refractivity contribution in [1.82, 2.24) is 15.1 Å². The van der Waals surface area contributed by atoms with Gasteiger partial charge in [0.25, 0.3) is 0 Å². The van der Waals surface area contributed by atoms with Crippen LogP contribution in [0.4, 0.5) is 0 Å². The quantitative estimate of drug-likeness (QED) is 0.326. The van der Waals surface area contributed by atoms with Gasteiger partial charge in [-0.15, -0.1) is 0 Å². The Kier molecular flexibility index (Phi) is 8.55. The number of aryl methyl sites for hydroxylation is 3. The molecule has 0 radical (unpaired) electrons. The van der Waals surface area contributed by atoms with Crippen molar-refractivity contribution in [2.45, 2.75) is 40.3 Å². The zero-order chi connectivity index (χ0) is 23.8. The maximum atomic E-state index is 12.2. The number of benzene rings is 2. The summed E-state index contributed by atoms with van der Waals surface area (Å²) in [5.74, 6) is 1.40. The third-order valence-electron chi connectivity index (χ3n) is 5.29. The number of hydrogen-bond acceptors (Lipinski definition) is 4. The molecule has 0 spiro atoms. The molecule has 2 aromatic carbocycles. The van der Waals surface area contributed by atoms with E-state index in [9.17, 15) is 4.79 Å². The summed E-state index contributed by atoms with van der Waals surface area (Å²) in [5, 5.41) is 8.00. The monoisotopic (exact) mass is 467 g/mol. The van der Waals surface area contributed by atoms with Crippen molar-refractivity contribution in [3.63, 3.8) is 0 Å². The molecule has 0 aliphatic carbocycles. The fourth-order valence-corrected chi connectivity index (χ4v) is 3.51. The first-order valence-electron chi connectivity index (χ1n) is 10.9. The average Bonchev–Trinajstić information content (AvgIpc) is 3.06. The third-order valence-corrected chi connectivity index (χ3v) is 5.83. The first-order valence-corrected chi connectivity index (χ1v) is 11.3. The maximum absolute atomic E-state index is 12.2.